The fourth-order valence-electron chi connectivity index (χ4n) is 3.36. The molecule has 0 bridgehead atoms. The Kier molecular flexibility index (Phi) is 5.24. The van der Waals surface area contributed by atoms with Crippen LogP contribution in [0.5, 0.6) is 0 Å². The van der Waals surface area contributed by atoms with Crippen LogP contribution in [0.25, 0.3) is 27.6 Å². The SMILES string of the molecule is Cc1ccc(-n2c(SCc3nc4ccc(Cl)cc4c(=O)[nH]3)nc3ccccc3c2=O)nc1. The molecule has 2 aromatic carbocycles. The largest absolute Gasteiger partial charge is 0.309 e. The molecule has 0 spiro atoms. The van der Waals surface area contributed by atoms with E-state index in [2.05, 4.69) is 15.0 Å². The summed E-state index contributed by atoms with van der Waals surface area (Å²) in [6.07, 6.45) is 1.71. The lowest BCUT2D eigenvalue weighted by molar-refractivity contribution is 0.793. The van der Waals surface area contributed by atoms with E-state index in [4.69, 9.17) is 16.6 Å². The fraction of sp³-hybridized carbons (Fsp3) is 0.0870. The van der Waals surface area contributed by atoms with E-state index in [9.17, 15) is 9.59 Å². The molecule has 32 heavy (non-hydrogen) atoms. The van der Waals surface area contributed by atoms with Crippen molar-refractivity contribution in [1.82, 2.24) is 24.5 Å². The van der Waals surface area contributed by atoms with E-state index in [0.29, 0.717) is 49.4 Å². The summed E-state index contributed by atoms with van der Waals surface area (Å²) in [7, 11) is 0. The maximum atomic E-state index is 13.3. The van der Waals surface area contributed by atoms with Crippen LogP contribution >= 0.6 is 23.4 Å². The van der Waals surface area contributed by atoms with Crippen LogP contribution in [0.2, 0.25) is 5.02 Å². The third kappa shape index (κ3) is 3.79. The predicted octanol–water partition coefficient (Wildman–Crippen LogP) is 4.27. The quantitative estimate of drug-likeness (QED) is 0.317. The summed E-state index contributed by atoms with van der Waals surface area (Å²) in [6.45, 7) is 1.93. The summed E-state index contributed by atoms with van der Waals surface area (Å²) < 4.78 is 1.49. The van der Waals surface area contributed by atoms with Crippen LogP contribution in [0, 0.1) is 6.92 Å². The van der Waals surface area contributed by atoms with Crippen molar-refractivity contribution in [3.05, 3.63) is 97.9 Å². The number of rotatable bonds is 4. The van der Waals surface area contributed by atoms with Gasteiger partial charge in [0.05, 0.1) is 27.6 Å². The maximum Gasteiger partial charge on any atom is 0.267 e. The zero-order valence-corrected chi connectivity index (χ0v) is 18.4. The zero-order valence-electron chi connectivity index (χ0n) is 16.9. The predicted molar refractivity (Wildman–Crippen MR) is 127 cm³/mol. The molecule has 0 saturated carbocycles. The van der Waals surface area contributed by atoms with Gasteiger partial charge >= 0.3 is 0 Å². The van der Waals surface area contributed by atoms with E-state index in [-0.39, 0.29) is 11.1 Å². The summed E-state index contributed by atoms with van der Waals surface area (Å²) in [5, 5.41) is 1.87. The number of para-hydroxylation sites is 1. The maximum absolute atomic E-state index is 13.3. The Morgan fingerprint density at radius 2 is 1.81 bits per heavy atom. The molecule has 3 heterocycles. The molecule has 158 valence electrons. The van der Waals surface area contributed by atoms with E-state index >= 15 is 0 Å². The number of H-pyrrole nitrogens is 1. The highest BCUT2D eigenvalue weighted by atomic mass is 35.5. The second-order valence-electron chi connectivity index (χ2n) is 7.21. The van der Waals surface area contributed by atoms with Crippen molar-refractivity contribution in [3.8, 4) is 5.82 Å². The number of aromatic nitrogens is 5. The Bertz CT molecular complexity index is 1600. The van der Waals surface area contributed by atoms with Gasteiger partial charge in [-0.2, -0.15) is 0 Å². The topological polar surface area (TPSA) is 93.5 Å². The van der Waals surface area contributed by atoms with Gasteiger partial charge in [0.2, 0.25) is 0 Å². The van der Waals surface area contributed by atoms with E-state index in [1.807, 2.05) is 19.1 Å². The highest BCUT2D eigenvalue weighted by molar-refractivity contribution is 7.98. The third-order valence-electron chi connectivity index (χ3n) is 4.92. The molecule has 0 unspecified atom stereocenters. The zero-order chi connectivity index (χ0) is 22.2. The smallest absolute Gasteiger partial charge is 0.267 e. The minimum absolute atomic E-state index is 0.205. The lowest BCUT2D eigenvalue weighted by atomic mass is 10.2. The summed E-state index contributed by atoms with van der Waals surface area (Å²) >= 11 is 7.29. The van der Waals surface area contributed by atoms with E-state index < -0.39 is 0 Å². The first-order chi connectivity index (χ1) is 15.5. The van der Waals surface area contributed by atoms with Crippen LogP contribution in [0.1, 0.15) is 11.4 Å². The monoisotopic (exact) mass is 461 g/mol. The number of aryl methyl sites for hydroxylation is 1. The summed E-state index contributed by atoms with van der Waals surface area (Å²) in [5.74, 6) is 1.27. The third-order valence-corrected chi connectivity index (χ3v) is 6.11. The van der Waals surface area contributed by atoms with Gasteiger partial charge in [-0.05, 0) is 48.9 Å². The van der Waals surface area contributed by atoms with Gasteiger partial charge in [-0.15, -0.1) is 0 Å². The number of nitrogens with one attached hydrogen (secondary N) is 1. The molecule has 0 atom stereocenters. The first-order valence-electron chi connectivity index (χ1n) is 9.76. The van der Waals surface area contributed by atoms with Crippen molar-refractivity contribution in [2.24, 2.45) is 0 Å². The minimum Gasteiger partial charge on any atom is -0.309 e. The number of nitrogens with zero attached hydrogens (tertiary/aromatic N) is 4. The molecule has 0 fully saturated rings. The molecule has 0 amide bonds. The summed E-state index contributed by atoms with van der Waals surface area (Å²) in [6, 6.07) is 15.9. The molecular weight excluding hydrogens is 446 g/mol. The lowest BCUT2D eigenvalue weighted by Gasteiger charge is -2.12. The Morgan fingerprint density at radius 1 is 1.00 bits per heavy atom. The van der Waals surface area contributed by atoms with Crippen LogP contribution in [0.3, 0.4) is 0 Å². The highest BCUT2D eigenvalue weighted by Crippen LogP contribution is 2.23. The molecule has 5 aromatic rings. The van der Waals surface area contributed by atoms with Gasteiger partial charge in [0.1, 0.15) is 11.6 Å². The first-order valence-corrected chi connectivity index (χ1v) is 11.1. The molecular formula is C23H16ClN5O2S. The van der Waals surface area contributed by atoms with Crippen LogP contribution in [-0.2, 0) is 5.75 Å². The molecule has 7 nitrogen and oxygen atoms in total. The van der Waals surface area contributed by atoms with Crippen LogP contribution in [0.4, 0.5) is 0 Å². The van der Waals surface area contributed by atoms with Gasteiger partial charge in [-0.3, -0.25) is 9.59 Å². The second kappa shape index (κ2) is 8.22. The van der Waals surface area contributed by atoms with Crippen LogP contribution in [0.15, 0.2) is 75.5 Å². The molecule has 0 aliphatic rings. The Labute approximate surface area is 191 Å². The second-order valence-corrected chi connectivity index (χ2v) is 8.59. The number of pyridine rings is 1. The molecule has 5 rings (SSSR count). The molecule has 1 N–H and O–H groups in total. The Hall–Kier alpha value is -3.49. The summed E-state index contributed by atoms with van der Waals surface area (Å²) in [5.41, 5.74) is 1.67. The molecule has 9 heteroatoms. The van der Waals surface area contributed by atoms with Crippen LogP contribution in [-0.4, -0.2) is 24.5 Å². The molecule has 3 aromatic heterocycles. The Morgan fingerprint density at radius 3 is 2.62 bits per heavy atom. The van der Waals surface area contributed by atoms with Gasteiger partial charge in [0.15, 0.2) is 5.16 Å². The summed E-state index contributed by atoms with van der Waals surface area (Å²) in [4.78, 5) is 42.2. The van der Waals surface area contributed by atoms with E-state index in [1.165, 1.54) is 16.3 Å². The number of thioether (sulfide) groups is 1. The van der Waals surface area contributed by atoms with Crippen molar-refractivity contribution >= 4 is 45.2 Å². The van der Waals surface area contributed by atoms with E-state index in [1.54, 1.807) is 48.7 Å². The van der Waals surface area contributed by atoms with Crippen molar-refractivity contribution < 1.29 is 0 Å². The lowest BCUT2D eigenvalue weighted by Crippen LogP contribution is -2.22. The standard InChI is InChI=1S/C23H16ClN5O2S/c1-13-6-9-20(25-11-13)29-22(31)15-4-2-3-5-17(15)27-23(29)32-12-19-26-18-8-7-14(24)10-16(18)21(30)28-19/h2-11H,12H2,1H3,(H,26,28,30). The number of hydrogen-bond donors (Lipinski definition) is 1. The fourth-order valence-corrected chi connectivity index (χ4v) is 4.41. The van der Waals surface area contributed by atoms with Crippen molar-refractivity contribution in [2.75, 3.05) is 0 Å². The average Bonchev–Trinajstić information content (AvgIpc) is 2.79. The minimum atomic E-state index is -0.267. The van der Waals surface area contributed by atoms with Gasteiger partial charge in [0, 0.05) is 11.2 Å². The van der Waals surface area contributed by atoms with Crippen molar-refractivity contribution in [2.45, 2.75) is 17.8 Å². The highest BCUT2D eigenvalue weighted by Gasteiger charge is 2.15. The Balaban J connectivity index is 1.59. The average molecular weight is 462 g/mol. The first kappa shape index (κ1) is 20.4. The van der Waals surface area contributed by atoms with Crippen molar-refractivity contribution in [1.29, 1.82) is 0 Å². The molecule has 0 aliphatic carbocycles. The van der Waals surface area contributed by atoms with Crippen molar-refractivity contribution in [3.63, 3.8) is 0 Å². The normalized spacial score (nSPS) is 11.3. The number of hydrogen-bond acceptors (Lipinski definition) is 6. The number of benzene rings is 2. The molecule has 0 aliphatic heterocycles. The number of aromatic amines is 1. The van der Waals surface area contributed by atoms with E-state index in [0.717, 1.165) is 5.56 Å². The van der Waals surface area contributed by atoms with Gasteiger partial charge in [-0.1, -0.05) is 41.6 Å². The van der Waals surface area contributed by atoms with Gasteiger partial charge in [-0.25, -0.2) is 19.5 Å². The van der Waals surface area contributed by atoms with Gasteiger partial charge < -0.3 is 4.98 Å². The number of fused-ring (bicyclic) bond motifs is 2. The molecule has 0 saturated heterocycles. The number of halogens is 1. The van der Waals surface area contributed by atoms with Gasteiger partial charge in [0.25, 0.3) is 11.1 Å². The van der Waals surface area contributed by atoms with Crippen LogP contribution < -0.4 is 11.1 Å². The molecule has 0 radical (unpaired) electrons.